The lowest BCUT2D eigenvalue weighted by Gasteiger charge is -2.16. The van der Waals surface area contributed by atoms with Crippen LogP contribution in [0.2, 0.25) is 0 Å². The molecule has 0 amide bonds. The van der Waals surface area contributed by atoms with E-state index in [1.807, 2.05) is 12.1 Å². The van der Waals surface area contributed by atoms with E-state index in [0.29, 0.717) is 5.92 Å². The third kappa shape index (κ3) is 2.30. The Hall–Kier alpha value is -1.91. The summed E-state index contributed by atoms with van der Waals surface area (Å²) in [5.74, 6) is 0.362. The van der Waals surface area contributed by atoms with Gasteiger partial charge in [-0.15, -0.1) is 0 Å². The average Bonchev–Trinajstić information content (AvgIpc) is 3.07. The molecule has 0 aliphatic heterocycles. The third-order valence-corrected chi connectivity index (χ3v) is 4.74. The summed E-state index contributed by atoms with van der Waals surface area (Å²) in [6, 6.07) is 3.82. The molecule has 2 heterocycles. The van der Waals surface area contributed by atoms with Gasteiger partial charge >= 0.3 is 5.97 Å². The lowest BCUT2D eigenvalue weighted by molar-refractivity contribution is -0.142. The van der Waals surface area contributed by atoms with Crippen molar-refractivity contribution in [2.45, 2.75) is 45.6 Å². The highest BCUT2D eigenvalue weighted by Gasteiger charge is 2.41. The SMILES string of the molecule is CCC1CC(C(=O)O)C(c2nc3cccnc3n2CC)C1. The number of fused-ring (bicyclic) bond motifs is 1. The summed E-state index contributed by atoms with van der Waals surface area (Å²) in [6.45, 7) is 4.96. The summed E-state index contributed by atoms with van der Waals surface area (Å²) in [4.78, 5) is 20.7. The number of aliphatic carboxylic acids is 1. The molecule has 1 aliphatic rings. The molecule has 0 saturated heterocycles. The maximum atomic E-state index is 11.6. The number of carboxylic acid groups (broad SMARTS) is 1. The molecule has 2 aromatic heterocycles. The number of nitrogens with zero attached hydrogens (tertiary/aromatic N) is 3. The van der Waals surface area contributed by atoms with Crippen LogP contribution in [-0.2, 0) is 11.3 Å². The standard InChI is InChI=1S/C16H21N3O2/c1-3-10-8-11(12(9-10)16(20)21)14-18-13-6-5-7-17-15(13)19(14)4-2/h5-7,10-12H,3-4,8-9H2,1-2H3,(H,20,21). The first kappa shape index (κ1) is 14.0. The molecule has 21 heavy (non-hydrogen) atoms. The van der Waals surface area contributed by atoms with E-state index >= 15 is 0 Å². The minimum atomic E-state index is -0.696. The Bertz CT molecular complexity index is 665. The van der Waals surface area contributed by atoms with Crippen molar-refractivity contribution in [3.8, 4) is 0 Å². The van der Waals surface area contributed by atoms with E-state index in [2.05, 4.69) is 23.4 Å². The Morgan fingerprint density at radius 3 is 2.90 bits per heavy atom. The third-order valence-electron chi connectivity index (χ3n) is 4.74. The van der Waals surface area contributed by atoms with Crippen LogP contribution >= 0.6 is 0 Å². The van der Waals surface area contributed by atoms with Gasteiger partial charge in [-0.2, -0.15) is 0 Å². The van der Waals surface area contributed by atoms with Crippen molar-refractivity contribution in [2.75, 3.05) is 0 Å². The molecule has 1 N–H and O–H groups in total. The summed E-state index contributed by atoms with van der Waals surface area (Å²) in [7, 11) is 0. The molecule has 0 spiro atoms. The number of carbonyl (C=O) groups is 1. The highest BCUT2D eigenvalue weighted by molar-refractivity contribution is 5.74. The molecule has 1 aliphatic carbocycles. The van der Waals surface area contributed by atoms with Crippen molar-refractivity contribution >= 4 is 17.1 Å². The second-order valence-corrected chi connectivity index (χ2v) is 5.86. The van der Waals surface area contributed by atoms with Crippen molar-refractivity contribution < 1.29 is 9.90 Å². The van der Waals surface area contributed by atoms with Crippen LogP contribution in [0.3, 0.4) is 0 Å². The van der Waals surface area contributed by atoms with Crippen LogP contribution in [0.4, 0.5) is 0 Å². The minimum absolute atomic E-state index is 0.00148. The Morgan fingerprint density at radius 1 is 1.43 bits per heavy atom. The number of carboxylic acids is 1. The molecular formula is C16H21N3O2. The van der Waals surface area contributed by atoms with E-state index in [-0.39, 0.29) is 11.8 Å². The first-order valence-corrected chi connectivity index (χ1v) is 7.69. The van der Waals surface area contributed by atoms with E-state index in [4.69, 9.17) is 4.98 Å². The van der Waals surface area contributed by atoms with Crippen LogP contribution in [-0.4, -0.2) is 25.6 Å². The lowest BCUT2D eigenvalue weighted by atomic mass is 9.95. The van der Waals surface area contributed by atoms with Crippen molar-refractivity contribution in [1.82, 2.24) is 14.5 Å². The highest BCUT2D eigenvalue weighted by Crippen LogP contribution is 2.44. The molecule has 5 heteroatoms. The van der Waals surface area contributed by atoms with Gasteiger partial charge in [-0.05, 0) is 37.8 Å². The van der Waals surface area contributed by atoms with E-state index in [9.17, 15) is 9.90 Å². The molecule has 2 aromatic rings. The molecule has 112 valence electrons. The van der Waals surface area contributed by atoms with E-state index in [0.717, 1.165) is 42.8 Å². The average molecular weight is 287 g/mol. The van der Waals surface area contributed by atoms with Gasteiger partial charge in [-0.3, -0.25) is 4.79 Å². The number of aromatic nitrogens is 3. The van der Waals surface area contributed by atoms with Crippen LogP contribution in [0.5, 0.6) is 0 Å². The number of pyridine rings is 1. The monoisotopic (exact) mass is 287 g/mol. The first-order valence-electron chi connectivity index (χ1n) is 7.69. The molecule has 0 radical (unpaired) electrons. The fourth-order valence-corrected chi connectivity index (χ4v) is 3.61. The fourth-order valence-electron chi connectivity index (χ4n) is 3.61. The second-order valence-electron chi connectivity index (χ2n) is 5.86. The van der Waals surface area contributed by atoms with Gasteiger partial charge < -0.3 is 9.67 Å². The van der Waals surface area contributed by atoms with E-state index in [1.165, 1.54) is 0 Å². The number of hydrogen-bond donors (Lipinski definition) is 1. The van der Waals surface area contributed by atoms with Crippen LogP contribution in [0, 0.1) is 11.8 Å². The van der Waals surface area contributed by atoms with Gasteiger partial charge in [-0.1, -0.05) is 13.3 Å². The Balaban J connectivity index is 2.08. The predicted molar refractivity (Wildman–Crippen MR) is 80.1 cm³/mol. The van der Waals surface area contributed by atoms with Crippen LogP contribution in [0.1, 0.15) is 44.9 Å². The Morgan fingerprint density at radius 2 is 2.24 bits per heavy atom. The molecule has 3 unspecified atom stereocenters. The highest BCUT2D eigenvalue weighted by atomic mass is 16.4. The van der Waals surface area contributed by atoms with Gasteiger partial charge in [0.15, 0.2) is 5.65 Å². The first-order chi connectivity index (χ1) is 10.2. The summed E-state index contributed by atoms with van der Waals surface area (Å²) >= 11 is 0. The summed E-state index contributed by atoms with van der Waals surface area (Å²) < 4.78 is 2.08. The Kier molecular flexibility index (Phi) is 3.66. The van der Waals surface area contributed by atoms with E-state index in [1.54, 1.807) is 6.20 Å². The number of rotatable bonds is 4. The van der Waals surface area contributed by atoms with Crippen molar-refractivity contribution in [1.29, 1.82) is 0 Å². The minimum Gasteiger partial charge on any atom is -0.481 e. The predicted octanol–water partition coefficient (Wildman–Crippen LogP) is 3.06. The quantitative estimate of drug-likeness (QED) is 0.938. The molecule has 0 bridgehead atoms. The number of hydrogen-bond acceptors (Lipinski definition) is 3. The maximum absolute atomic E-state index is 11.6. The van der Waals surface area contributed by atoms with Crippen LogP contribution < -0.4 is 0 Å². The van der Waals surface area contributed by atoms with Crippen molar-refractivity contribution in [3.05, 3.63) is 24.2 Å². The maximum Gasteiger partial charge on any atom is 0.307 e. The number of imidazole rings is 1. The largest absolute Gasteiger partial charge is 0.481 e. The smallest absolute Gasteiger partial charge is 0.307 e. The summed E-state index contributed by atoms with van der Waals surface area (Å²) in [5.41, 5.74) is 1.72. The molecule has 5 nitrogen and oxygen atoms in total. The van der Waals surface area contributed by atoms with Crippen molar-refractivity contribution in [3.63, 3.8) is 0 Å². The van der Waals surface area contributed by atoms with Gasteiger partial charge in [-0.25, -0.2) is 9.97 Å². The van der Waals surface area contributed by atoms with Crippen LogP contribution in [0.15, 0.2) is 18.3 Å². The van der Waals surface area contributed by atoms with E-state index < -0.39 is 5.97 Å². The van der Waals surface area contributed by atoms with Gasteiger partial charge in [0.1, 0.15) is 11.3 Å². The zero-order valence-electron chi connectivity index (χ0n) is 12.5. The van der Waals surface area contributed by atoms with Gasteiger partial charge in [0, 0.05) is 18.7 Å². The normalized spacial score (nSPS) is 25.5. The lowest BCUT2D eigenvalue weighted by Crippen LogP contribution is -2.20. The zero-order chi connectivity index (χ0) is 15.0. The molecule has 1 fully saturated rings. The zero-order valence-corrected chi connectivity index (χ0v) is 12.5. The summed E-state index contributed by atoms with van der Waals surface area (Å²) in [6.07, 6.45) is 4.47. The molecule has 3 atom stereocenters. The van der Waals surface area contributed by atoms with Gasteiger partial charge in [0.25, 0.3) is 0 Å². The molecular weight excluding hydrogens is 266 g/mol. The second kappa shape index (κ2) is 5.47. The van der Waals surface area contributed by atoms with Crippen LogP contribution in [0.25, 0.3) is 11.2 Å². The Labute approximate surface area is 124 Å². The molecule has 3 rings (SSSR count). The molecule has 0 aromatic carbocycles. The summed E-state index contributed by atoms with van der Waals surface area (Å²) in [5, 5.41) is 9.54. The number of aryl methyl sites for hydroxylation is 1. The fraction of sp³-hybridized carbons (Fsp3) is 0.562. The molecule has 1 saturated carbocycles. The van der Waals surface area contributed by atoms with Crippen molar-refractivity contribution in [2.24, 2.45) is 11.8 Å². The topological polar surface area (TPSA) is 68.0 Å². The van der Waals surface area contributed by atoms with Gasteiger partial charge in [0.2, 0.25) is 0 Å². The van der Waals surface area contributed by atoms with Gasteiger partial charge in [0.05, 0.1) is 5.92 Å².